The van der Waals surface area contributed by atoms with Gasteiger partial charge in [-0.25, -0.2) is 0 Å². The summed E-state index contributed by atoms with van der Waals surface area (Å²) in [5, 5.41) is 9.81. The summed E-state index contributed by atoms with van der Waals surface area (Å²) < 4.78 is 0. The first-order chi connectivity index (χ1) is 5.68. The molecule has 0 aliphatic carbocycles. The molecule has 1 aromatic rings. The first kappa shape index (κ1) is 9.56. The predicted octanol–water partition coefficient (Wildman–Crippen LogP) is 2.65. The van der Waals surface area contributed by atoms with Gasteiger partial charge in [0.05, 0.1) is 6.10 Å². The second kappa shape index (κ2) is 4.48. The van der Waals surface area contributed by atoms with Crippen LogP contribution in [0.25, 0.3) is 0 Å². The Morgan fingerprint density at radius 1 is 1.50 bits per heavy atom. The van der Waals surface area contributed by atoms with E-state index >= 15 is 0 Å². The Morgan fingerprint density at radius 2 is 2.25 bits per heavy atom. The first-order valence-electron chi connectivity index (χ1n) is 4.11. The lowest BCUT2D eigenvalue weighted by Crippen LogP contribution is -2.01. The fourth-order valence-corrected chi connectivity index (χ4v) is 1.28. The molecule has 0 saturated carbocycles. The lowest BCUT2D eigenvalue weighted by molar-refractivity contribution is 0.185. The monoisotopic (exact) mass is 184 g/mol. The Morgan fingerprint density at radius 3 is 2.83 bits per heavy atom. The second-order valence-electron chi connectivity index (χ2n) is 3.02. The van der Waals surface area contributed by atoms with Crippen molar-refractivity contribution in [2.75, 3.05) is 0 Å². The highest BCUT2D eigenvalue weighted by molar-refractivity contribution is 6.30. The SMILES string of the molecule is CC(O)CCc1cccc(Cl)c1. The molecule has 0 aromatic heterocycles. The third kappa shape index (κ3) is 3.24. The Balaban J connectivity index is 2.52. The maximum atomic E-state index is 9.05. The fraction of sp³-hybridized carbons (Fsp3) is 0.400. The van der Waals surface area contributed by atoms with Crippen molar-refractivity contribution in [3.63, 3.8) is 0 Å². The third-order valence-electron chi connectivity index (χ3n) is 1.74. The molecule has 0 fully saturated rings. The van der Waals surface area contributed by atoms with Crippen LogP contribution in [-0.4, -0.2) is 11.2 Å². The van der Waals surface area contributed by atoms with Crippen molar-refractivity contribution in [3.8, 4) is 0 Å². The highest BCUT2D eigenvalue weighted by Crippen LogP contribution is 2.12. The van der Waals surface area contributed by atoms with Crippen LogP contribution in [-0.2, 0) is 6.42 Å². The minimum absolute atomic E-state index is 0.232. The van der Waals surface area contributed by atoms with Crippen molar-refractivity contribution < 1.29 is 5.11 Å². The van der Waals surface area contributed by atoms with E-state index in [0.717, 1.165) is 17.9 Å². The van der Waals surface area contributed by atoms with Crippen molar-refractivity contribution in [3.05, 3.63) is 34.9 Å². The van der Waals surface area contributed by atoms with E-state index in [9.17, 15) is 0 Å². The van der Waals surface area contributed by atoms with E-state index in [-0.39, 0.29) is 6.10 Å². The zero-order chi connectivity index (χ0) is 8.97. The minimum Gasteiger partial charge on any atom is -0.393 e. The van der Waals surface area contributed by atoms with E-state index in [2.05, 4.69) is 0 Å². The van der Waals surface area contributed by atoms with Crippen molar-refractivity contribution >= 4 is 11.6 Å². The minimum atomic E-state index is -0.232. The normalized spacial score (nSPS) is 12.9. The van der Waals surface area contributed by atoms with E-state index in [0.29, 0.717) is 0 Å². The molecular formula is C10H13ClO. The van der Waals surface area contributed by atoms with Crippen molar-refractivity contribution in [1.29, 1.82) is 0 Å². The molecule has 66 valence electrons. The number of aliphatic hydroxyl groups excluding tert-OH is 1. The maximum Gasteiger partial charge on any atom is 0.0515 e. The lowest BCUT2D eigenvalue weighted by Gasteiger charge is -2.03. The van der Waals surface area contributed by atoms with Gasteiger partial charge in [0.1, 0.15) is 0 Å². The average molecular weight is 185 g/mol. The van der Waals surface area contributed by atoms with E-state index in [4.69, 9.17) is 16.7 Å². The average Bonchev–Trinajstić information content (AvgIpc) is 2.01. The van der Waals surface area contributed by atoms with Gasteiger partial charge in [-0.05, 0) is 37.5 Å². The number of benzene rings is 1. The zero-order valence-electron chi connectivity index (χ0n) is 7.13. The lowest BCUT2D eigenvalue weighted by atomic mass is 10.1. The van der Waals surface area contributed by atoms with Crippen molar-refractivity contribution in [2.45, 2.75) is 25.9 Å². The molecule has 1 atom stereocenters. The molecule has 1 unspecified atom stereocenters. The Bertz CT molecular complexity index is 245. The van der Waals surface area contributed by atoms with Gasteiger partial charge in [-0.3, -0.25) is 0 Å². The van der Waals surface area contributed by atoms with Gasteiger partial charge >= 0.3 is 0 Å². The molecule has 0 spiro atoms. The van der Waals surface area contributed by atoms with Crippen LogP contribution in [0.4, 0.5) is 0 Å². The van der Waals surface area contributed by atoms with Crippen LogP contribution in [0.5, 0.6) is 0 Å². The molecule has 1 rings (SSSR count). The number of halogens is 1. The van der Waals surface area contributed by atoms with Crippen molar-refractivity contribution in [2.24, 2.45) is 0 Å². The standard InChI is InChI=1S/C10H13ClO/c1-8(12)5-6-9-3-2-4-10(11)7-9/h2-4,7-8,12H,5-6H2,1H3. The molecule has 1 aromatic carbocycles. The molecule has 2 heteroatoms. The highest BCUT2D eigenvalue weighted by atomic mass is 35.5. The van der Waals surface area contributed by atoms with E-state index < -0.39 is 0 Å². The van der Waals surface area contributed by atoms with Crippen LogP contribution in [0.2, 0.25) is 5.02 Å². The summed E-state index contributed by atoms with van der Waals surface area (Å²) in [6.07, 6.45) is 1.45. The number of hydrogen-bond donors (Lipinski definition) is 1. The molecule has 12 heavy (non-hydrogen) atoms. The number of hydrogen-bond acceptors (Lipinski definition) is 1. The van der Waals surface area contributed by atoms with E-state index in [1.807, 2.05) is 24.3 Å². The number of aryl methyl sites for hydroxylation is 1. The van der Waals surface area contributed by atoms with Gasteiger partial charge in [-0.2, -0.15) is 0 Å². The summed E-state index contributed by atoms with van der Waals surface area (Å²) in [5.41, 5.74) is 1.18. The number of rotatable bonds is 3. The van der Waals surface area contributed by atoms with Crippen molar-refractivity contribution in [1.82, 2.24) is 0 Å². The van der Waals surface area contributed by atoms with Crippen LogP contribution >= 0.6 is 11.6 Å². The fourth-order valence-electron chi connectivity index (χ4n) is 1.07. The molecule has 0 saturated heterocycles. The first-order valence-corrected chi connectivity index (χ1v) is 4.49. The van der Waals surface area contributed by atoms with Gasteiger partial charge in [0.25, 0.3) is 0 Å². The molecule has 0 aliphatic heterocycles. The smallest absolute Gasteiger partial charge is 0.0515 e. The molecule has 0 aliphatic rings. The van der Waals surface area contributed by atoms with Gasteiger partial charge in [-0.15, -0.1) is 0 Å². The molecule has 0 radical (unpaired) electrons. The summed E-state index contributed by atoms with van der Waals surface area (Å²) >= 11 is 5.80. The topological polar surface area (TPSA) is 20.2 Å². The van der Waals surface area contributed by atoms with Crippen LogP contribution < -0.4 is 0 Å². The van der Waals surface area contributed by atoms with E-state index in [1.54, 1.807) is 6.92 Å². The highest BCUT2D eigenvalue weighted by Gasteiger charge is 1.97. The molecule has 0 amide bonds. The van der Waals surface area contributed by atoms with Crippen LogP contribution in [0.3, 0.4) is 0 Å². The maximum absolute atomic E-state index is 9.05. The molecule has 1 N–H and O–H groups in total. The summed E-state index contributed by atoms with van der Waals surface area (Å²) in [6.45, 7) is 1.80. The summed E-state index contributed by atoms with van der Waals surface area (Å²) in [4.78, 5) is 0. The van der Waals surface area contributed by atoms with Crippen LogP contribution in [0.15, 0.2) is 24.3 Å². The van der Waals surface area contributed by atoms with Crippen LogP contribution in [0.1, 0.15) is 18.9 Å². The predicted molar refractivity (Wildman–Crippen MR) is 51.5 cm³/mol. The van der Waals surface area contributed by atoms with Gasteiger partial charge in [0.15, 0.2) is 0 Å². The zero-order valence-corrected chi connectivity index (χ0v) is 7.88. The quantitative estimate of drug-likeness (QED) is 0.766. The Labute approximate surface area is 78.0 Å². The summed E-state index contributed by atoms with van der Waals surface area (Å²) in [6, 6.07) is 7.74. The van der Waals surface area contributed by atoms with Crippen LogP contribution in [0, 0.1) is 0 Å². The largest absolute Gasteiger partial charge is 0.393 e. The van der Waals surface area contributed by atoms with Gasteiger partial charge < -0.3 is 5.11 Å². The van der Waals surface area contributed by atoms with Gasteiger partial charge in [-0.1, -0.05) is 23.7 Å². The molecule has 0 bridgehead atoms. The molecule has 1 nitrogen and oxygen atoms in total. The second-order valence-corrected chi connectivity index (χ2v) is 3.45. The summed E-state index contributed by atoms with van der Waals surface area (Å²) in [7, 11) is 0. The molecule has 0 heterocycles. The number of aliphatic hydroxyl groups is 1. The Hall–Kier alpha value is -0.530. The summed E-state index contributed by atoms with van der Waals surface area (Å²) in [5.74, 6) is 0. The van der Waals surface area contributed by atoms with Gasteiger partial charge in [0, 0.05) is 5.02 Å². The van der Waals surface area contributed by atoms with Gasteiger partial charge in [0.2, 0.25) is 0 Å². The van der Waals surface area contributed by atoms with E-state index in [1.165, 1.54) is 5.56 Å². The Kier molecular flexibility index (Phi) is 3.57. The molecular weight excluding hydrogens is 172 g/mol. The third-order valence-corrected chi connectivity index (χ3v) is 1.97.